The summed E-state index contributed by atoms with van der Waals surface area (Å²) in [5, 5.41) is 8.96. The van der Waals surface area contributed by atoms with Crippen LogP contribution in [0.15, 0.2) is 10.5 Å². The second-order valence-electron chi connectivity index (χ2n) is 5.34. The third kappa shape index (κ3) is 4.40. The van der Waals surface area contributed by atoms with Crippen LogP contribution in [0.1, 0.15) is 55.0 Å². The fourth-order valence-electron chi connectivity index (χ4n) is 2.20. The van der Waals surface area contributed by atoms with Gasteiger partial charge in [-0.25, -0.2) is 4.79 Å². The summed E-state index contributed by atoms with van der Waals surface area (Å²) < 4.78 is 5.37. The van der Waals surface area contributed by atoms with E-state index in [4.69, 9.17) is 9.52 Å². The number of hydrogen-bond donors (Lipinski definition) is 1. The standard InChI is InChI=1S/C15H23NO4/c1-5-6-10(2)7-14(17)16(4)9-12-8-13(15(18)19)11(3)20-12/h8,10H,5-7,9H2,1-4H3,(H,18,19). The Morgan fingerprint density at radius 1 is 1.45 bits per heavy atom. The molecular weight excluding hydrogens is 258 g/mol. The molecular formula is C15H23NO4. The Labute approximate surface area is 119 Å². The summed E-state index contributed by atoms with van der Waals surface area (Å²) in [5.74, 6) is 0.273. The molecule has 1 aromatic rings. The normalized spacial score (nSPS) is 12.2. The predicted molar refractivity (Wildman–Crippen MR) is 75.6 cm³/mol. The lowest BCUT2D eigenvalue weighted by molar-refractivity contribution is -0.131. The molecule has 1 amide bonds. The van der Waals surface area contributed by atoms with Crippen LogP contribution in [-0.2, 0) is 11.3 Å². The van der Waals surface area contributed by atoms with E-state index in [9.17, 15) is 9.59 Å². The molecule has 0 aliphatic carbocycles. The number of nitrogens with zero attached hydrogens (tertiary/aromatic N) is 1. The number of carbonyl (C=O) groups is 2. The topological polar surface area (TPSA) is 70.8 Å². The second kappa shape index (κ2) is 7.12. The number of rotatable bonds is 7. The molecule has 1 heterocycles. The van der Waals surface area contributed by atoms with Crippen molar-refractivity contribution >= 4 is 11.9 Å². The van der Waals surface area contributed by atoms with Crippen LogP contribution in [0.25, 0.3) is 0 Å². The molecule has 20 heavy (non-hydrogen) atoms. The molecule has 0 saturated heterocycles. The number of carboxylic acids is 1. The van der Waals surface area contributed by atoms with E-state index < -0.39 is 5.97 Å². The van der Waals surface area contributed by atoms with Gasteiger partial charge in [-0.15, -0.1) is 0 Å². The summed E-state index contributed by atoms with van der Waals surface area (Å²) in [6.07, 6.45) is 2.61. The van der Waals surface area contributed by atoms with Crippen LogP contribution in [0.3, 0.4) is 0 Å². The predicted octanol–water partition coefficient (Wildman–Crippen LogP) is 3.07. The Hall–Kier alpha value is -1.78. The van der Waals surface area contributed by atoms with Crippen molar-refractivity contribution < 1.29 is 19.1 Å². The molecule has 0 bridgehead atoms. The van der Waals surface area contributed by atoms with Crippen molar-refractivity contribution in [3.05, 3.63) is 23.2 Å². The van der Waals surface area contributed by atoms with Crippen LogP contribution in [0, 0.1) is 12.8 Å². The largest absolute Gasteiger partial charge is 0.478 e. The molecule has 0 radical (unpaired) electrons. The lowest BCUT2D eigenvalue weighted by Crippen LogP contribution is -2.27. The minimum atomic E-state index is -1.01. The summed E-state index contributed by atoms with van der Waals surface area (Å²) in [7, 11) is 1.71. The number of aromatic carboxylic acids is 1. The van der Waals surface area contributed by atoms with Crippen LogP contribution < -0.4 is 0 Å². The molecule has 0 aliphatic rings. The van der Waals surface area contributed by atoms with Crippen LogP contribution in [-0.4, -0.2) is 28.9 Å². The molecule has 5 heteroatoms. The third-order valence-corrected chi connectivity index (χ3v) is 3.32. The minimum Gasteiger partial charge on any atom is -0.478 e. The SMILES string of the molecule is CCCC(C)CC(=O)N(C)Cc1cc(C(=O)O)c(C)o1. The highest BCUT2D eigenvalue weighted by atomic mass is 16.4. The maximum Gasteiger partial charge on any atom is 0.339 e. The first kappa shape index (κ1) is 16.3. The van der Waals surface area contributed by atoms with Gasteiger partial charge in [0.2, 0.25) is 5.91 Å². The van der Waals surface area contributed by atoms with Gasteiger partial charge in [-0.2, -0.15) is 0 Å². The lowest BCUT2D eigenvalue weighted by atomic mass is 10.0. The Bertz CT molecular complexity index is 478. The van der Waals surface area contributed by atoms with E-state index in [1.54, 1.807) is 18.9 Å². The first-order valence-electron chi connectivity index (χ1n) is 6.91. The highest BCUT2D eigenvalue weighted by Crippen LogP contribution is 2.17. The zero-order valence-electron chi connectivity index (χ0n) is 12.6. The zero-order valence-corrected chi connectivity index (χ0v) is 12.6. The van der Waals surface area contributed by atoms with Gasteiger partial charge in [-0.05, 0) is 18.9 Å². The van der Waals surface area contributed by atoms with Crippen molar-refractivity contribution in [2.45, 2.75) is 46.6 Å². The van der Waals surface area contributed by atoms with Gasteiger partial charge in [-0.1, -0.05) is 26.7 Å². The second-order valence-corrected chi connectivity index (χ2v) is 5.34. The van der Waals surface area contributed by atoms with Gasteiger partial charge >= 0.3 is 5.97 Å². The minimum absolute atomic E-state index is 0.0527. The van der Waals surface area contributed by atoms with Crippen molar-refractivity contribution in [3.63, 3.8) is 0 Å². The van der Waals surface area contributed by atoms with E-state index in [2.05, 4.69) is 13.8 Å². The molecule has 0 aliphatic heterocycles. The average molecular weight is 281 g/mol. The van der Waals surface area contributed by atoms with E-state index in [1.165, 1.54) is 6.07 Å². The van der Waals surface area contributed by atoms with Crippen molar-refractivity contribution in [2.24, 2.45) is 5.92 Å². The first-order valence-corrected chi connectivity index (χ1v) is 6.91. The lowest BCUT2D eigenvalue weighted by Gasteiger charge is -2.18. The number of furan rings is 1. The van der Waals surface area contributed by atoms with Gasteiger partial charge in [0.25, 0.3) is 0 Å². The first-order chi connectivity index (χ1) is 9.35. The number of amides is 1. The van der Waals surface area contributed by atoms with Gasteiger partial charge < -0.3 is 14.4 Å². The molecule has 0 aromatic carbocycles. The molecule has 0 saturated carbocycles. The summed E-state index contributed by atoms with van der Waals surface area (Å²) in [6.45, 7) is 6.07. The van der Waals surface area contributed by atoms with Gasteiger partial charge in [0.1, 0.15) is 17.1 Å². The van der Waals surface area contributed by atoms with Crippen molar-refractivity contribution in [1.29, 1.82) is 0 Å². The summed E-state index contributed by atoms with van der Waals surface area (Å²) in [6, 6.07) is 1.48. The molecule has 5 nitrogen and oxygen atoms in total. The number of hydrogen-bond acceptors (Lipinski definition) is 3. The molecule has 112 valence electrons. The summed E-state index contributed by atoms with van der Waals surface area (Å²) >= 11 is 0. The van der Waals surface area contributed by atoms with E-state index in [1.807, 2.05) is 0 Å². The molecule has 0 spiro atoms. The summed E-state index contributed by atoms with van der Waals surface area (Å²) in [5.41, 5.74) is 0.153. The quantitative estimate of drug-likeness (QED) is 0.833. The average Bonchev–Trinajstić information content (AvgIpc) is 2.70. The Kier molecular flexibility index (Phi) is 5.80. The highest BCUT2D eigenvalue weighted by Gasteiger charge is 2.18. The van der Waals surface area contributed by atoms with Gasteiger partial charge in [0.15, 0.2) is 0 Å². The molecule has 1 unspecified atom stereocenters. The Balaban J connectivity index is 2.61. The van der Waals surface area contributed by atoms with Crippen molar-refractivity contribution in [3.8, 4) is 0 Å². The van der Waals surface area contributed by atoms with Crippen LogP contribution in [0.2, 0.25) is 0 Å². The van der Waals surface area contributed by atoms with Crippen molar-refractivity contribution in [2.75, 3.05) is 7.05 Å². The Morgan fingerprint density at radius 2 is 2.10 bits per heavy atom. The molecule has 1 N–H and O–H groups in total. The maximum atomic E-state index is 12.0. The number of carboxylic acid groups (broad SMARTS) is 1. The smallest absolute Gasteiger partial charge is 0.339 e. The summed E-state index contributed by atoms with van der Waals surface area (Å²) in [4.78, 5) is 24.5. The molecule has 1 atom stereocenters. The van der Waals surface area contributed by atoms with E-state index >= 15 is 0 Å². The van der Waals surface area contributed by atoms with E-state index in [-0.39, 0.29) is 11.5 Å². The van der Waals surface area contributed by atoms with Crippen LogP contribution in [0.5, 0.6) is 0 Å². The highest BCUT2D eigenvalue weighted by molar-refractivity contribution is 5.88. The van der Waals surface area contributed by atoms with E-state index in [0.29, 0.717) is 30.4 Å². The molecule has 1 rings (SSSR count). The van der Waals surface area contributed by atoms with Gasteiger partial charge in [0.05, 0.1) is 6.54 Å². The third-order valence-electron chi connectivity index (χ3n) is 3.32. The van der Waals surface area contributed by atoms with Crippen LogP contribution >= 0.6 is 0 Å². The van der Waals surface area contributed by atoms with Crippen molar-refractivity contribution in [1.82, 2.24) is 4.90 Å². The van der Waals surface area contributed by atoms with Gasteiger partial charge in [-0.3, -0.25) is 4.79 Å². The monoisotopic (exact) mass is 281 g/mol. The Morgan fingerprint density at radius 3 is 2.60 bits per heavy atom. The molecule has 1 aromatic heterocycles. The van der Waals surface area contributed by atoms with E-state index in [0.717, 1.165) is 12.8 Å². The fraction of sp³-hybridized carbons (Fsp3) is 0.600. The van der Waals surface area contributed by atoms with Crippen LogP contribution in [0.4, 0.5) is 0 Å². The van der Waals surface area contributed by atoms with Gasteiger partial charge in [0, 0.05) is 13.5 Å². The fourth-order valence-corrected chi connectivity index (χ4v) is 2.20. The maximum absolute atomic E-state index is 12.0. The number of carbonyl (C=O) groups excluding carboxylic acids is 1. The molecule has 0 fully saturated rings. The zero-order chi connectivity index (χ0) is 15.3. The number of aryl methyl sites for hydroxylation is 1.